The molecule has 15 nitrogen and oxygen atoms in total. The summed E-state index contributed by atoms with van der Waals surface area (Å²) in [5, 5.41) is 14.9. The van der Waals surface area contributed by atoms with Crippen molar-refractivity contribution in [3.8, 4) is 11.5 Å². The van der Waals surface area contributed by atoms with Gasteiger partial charge < -0.3 is 54.3 Å². The van der Waals surface area contributed by atoms with Gasteiger partial charge in [0.25, 0.3) is 0 Å². The summed E-state index contributed by atoms with van der Waals surface area (Å²) < 4.78 is 20.9. The van der Waals surface area contributed by atoms with Gasteiger partial charge in [0, 0.05) is 53.4 Å². The Labute approximate surface area is 269 Å². The number of nitrogens with zero attached hydrogens (tertiary/aromatic N) is 4. The quantitative estimate of drug-likeness (QED) is 0.245. The second kappa shape index (κ2) is 19.7. The molecule has 0 saturated heterocycles. The van der Waals surface area contributed by atoms with Crippen LogP contribution in [-0.2, 0) is 22.7 Å². The maximum Gasteiger partial charge on any atom is 0.415 e. The van der Waals surface area contributed by atoms with Gasteiger partial charge in [-0.15, -0.1) is 0 Å². The summed E-state index contributed by atoms with van der Waals surface area (Å²) in [5.41, 5.74) is 1.33. The van der Waals surface area contributed by atoms with Gasteiger partial charge in [-0.2, -0.15) is 0 Å². The largest absolute Gasteiger partial charge is 0.445 e. The zero-order chi connectivity index (χ0) is 34.1. The van der Waals surface area contributed by atoms with Crippen molar-refractivity contribution in [3.63, 3.8) is 0 Å². The number of carbonyl (C=O) groups is 4. The highest BCUT2D eigenvalue weighted by Crippen LogP contribution is 2.15. The number of amides is 4. The zero-order valence-corrected chi connectivity index (χ0v) is 27.4. The minimum absolute atomic E-state index is 0.0410. The first-order valence-corrected chi connectivity index (χ1v) is 14.6. The molecule has 0 heterocycles. The highest BCUT2D eigenvalue weighted by molar-refractivity contribution is 5.71. The Hall–Kier alpha value is -4.60. The molecule has 0 radical (unpaired) electrons. The predicted molar refractivity (Wildman–Crippen MR) is 170 cm³/mol. The summed E-state index contributed by atoms with van der Waals surface area (Å²) >= 11 is 0. The zero-order valence-electron chi connectivity index (χ0n) is 27.4. The molecule has 15 heteroatoms. The van der Waals surface area contributed by atoms with E-state index in [1.165, 1.54) is 9.80 Å². The second-order valence-electron chi connectivity index (χ2n) is 11.0. The summed E-state index contributed by atoms with van der Waals surface area (Å²) in [6, 6.07) is 13.1. The fourth-order valence-corrected chi connectivity index (χ4v) is 3.42. The third-order valence-electron chi connectivity index (χ3n) is 6.35. The number of carbonyl (C=O) groups excluding carboxylic acids is 4. The van der Waals surface area contributed by atoms with Crippen LogP contribution in [0.3, 0.4) is 0 Å². The second-order valence-corrected chi connectivity index (χ2v) is 11.0. The molecule has 0 bridgehead atoms. The van der Waals surface area contributed by atoms with Crippen LogP contribution in [0, 0.1) is 0 Å². The highest BCUT2D eigenvalue weighted by atomic mass is 16.6. The van der Waals surface area contributed by atoms with Gasteiger partial charge >= 0.3 is 24.4 Å². The van der Waals surface area contributed by atoms with E-state index in [9.17, 15) is 24.3 Å². The smallest absolute Gasteiger partial charge is 0.415 e. The van der Waals surface area contributed by atoms with Gasteiger partial charge in [-0.3, -0.25) is 0 Å². The first-order chi connectivity index (χ1) is 21.8. The first kappa shape index (κ1) is 37.6. The maximum atomic E-state index is 12.2. The molecule has 254 valence electrons. The summed E-state index contributed by atoms with van der Waals surface area (Å²) in [5.74, 6) is 0.721. The minimum Gasteiger partial charge on any atom is -0.445 e. The molecule has 3 N–H and O–H groups in total. The molecule has 0 saturated carbocycles. The van der Waals surface area contributed by atoms with Crippen molar-refractivity contribution in [2.45, 2.75) is 19.3 Å². The van der Waals surface area contributed by atoms with Crippen molar-refractivity contribution in [1.29, 1.82) is 0 Å². The Morgan fingerprint density at radius 3 is 1.28 bits per heavy atom. The number of nitrogens with one attached hydrogen (secondary N) is 2. The molecule has 0 aliphatic rings. The summed E-state index contributed by atoms with van der Waals surface area (Å²) in [6.07, 6.45) is -3.55. The van der Waals surface area contributed by atoms with Crippen molar-refractivity contribution in [2.24, 2.45) is 0 Å². The normalized spacial score (nSPS) is 10.8. The van der Waals surface area contributed by atoms with E-state index < -0.39 is 30.5 Å². The van der Waals surface area contributed by atoms with Crippen LogP contribution in [0.15, 0.2) is 48.5 Å². The number of likely N-dealkylation sites (N-methyl/N-ethyl adjacent to an activating group) is 4. The first-order valence-electron chi connectivity index (χ1n) is 14.6. The van der Waals surface area contributed by atoms with Crippen molar-refractivity contribution in [1.82, 2.24) is 30.2 Å². The Morgan fingerprint density at radius 2 is 0.957 bits per heavy atom. The summed E-state index contributed by atoms with van der Waals surface area (Å²) in [4.78, 5) is 55.2. The van der Waals surface area contributed by atoms with Crippen LogP contribution in [0.2, 0.25) is 0 Å². The average molecular weight is 647 g/mol. The Morgan fingerprint density at radius 1 is 0.609 bits per heavy atom. The molecule has 2 aromatic rings. The van der Waals surface area contributed by atoms with Crippen LogP contribution in [0.5, 0.6) is 11.5 Å². The Balaban J connectivity index is 1.61. The number of rotatable bonds is 16. The fraction of sp³-hybridized carbons (Fsp3) is 0.484. The van der Waals surface area contributed by atoms with Gasteiger partial charge in [-0.1, -0.05) is 24.3 Å². The number of alkyl carbamates (subject to hydrolysis) is 2. The number of aliphatic hydroxyl groups is 1. The van der Waals surface area contributed by atoms with Gasteiger partial charge in [0.1, 0.15) is 24.7 Å². The minimum atomic E-state index is -1.09. The lowest BCUT2D eigenvalue weighted by Gasteiger charge is -2.19. The standard InChI is InChI=1S/C31H46N6O9/c1-34(2)15-17-36(5)30(41)45-26-11-7-23(8-12-26)21-43-28(39)32-19-25(38)20-33-29(40)44-22-24-9-13-27(14-10-24)46-31(42)37(6)18-16-35(3)4/h7-14,25,38H,15-22H2,1-6H3,(H,32,39)(H,33,40). The number of ether oxygens (including phenoxy) is 4. The van der Waals surface area contributed by atoms with E-state index in [0.29, 0.717) is 48.8 Å². The lowest BCUT2D eigenvalue weighted by Crippen LogP contribution is -2.40. The van der Waals surface area contributed by atoms with Crippen LogP contribution >= 0.6 is 0 Å². The molecule has 0 atom stereocenters. The van der Waals surface area contributed by atoms with Crippen LogP contribution in [-0.4, -0.2) is 137 Å². The summed E-state index contributed by atoms with van der Waals surface area (Å²) in [6.45, 7) is 2.05. The van der Waals surface area contributed by atoms with Crippen molar-refractivity contribution < 1.29 is 43.2 Å². The van der Waals surface area contributed by atoms with Crippen molar-refractivity contribution in [2.75, 3.05) is 81.6 Å². The Bertz CT molecular complexity index is 1150. The van der Waals surface area contributed by atoms with E-state index in [1.54, 1.807) is 62.6 Å². The van der Waals surface area contributed by atoms with Crippen LogP contribution in [0.1, 0.15) is 11.1 Å². The van der Waals surface area contributed by atoms with E-state index in [1.807, 2.05) is 38.0 Å². The lowest BCUT2D eigenvalue weighted by molar-refractivity contribution is 0.117. The summed E-state index contributed by atoms with van der Waals surface area (Å²) in [7, 11) is 11.0. The van der Waals surface area contributed by atoms with E-state index in [2.05, 4.69) is 10.6 Å². The van der Waals surface area contributed by atoms with Gasteiger partial charge in [0.2, 0.25) is 0 Å². The lowest BCUT2D eigenvalue weighted by atomic mass is 10.2. The van der Waals surface area contributed by atoms with E-state index in [0.717, 1.165) is 0 Å². The number of benzene rings is 2. The number of hydrogen-bond donors (Lipinski definition) is 3. The van der Waals surface area contributed by atoms with Crippen LogP contribution < -0.4 is 20.1 Å². The van der Waals surface area contributed by atoms with E-state index >= 15 is 0 Å². The van der Waals surface area contributed by atoms with E-state index in [-0.39, 0.29) is 26.3 Å². The monoisotopic (exact) mass is 646 g/mol. The molecular formula is C31H46N6O9. The SMILES string of the molecule is CN(C)CCN(C)C(=O)Oc1ccc(COC(=O)NCC(O)CNC(=O)OCc2ccc(OC(=O)N(C)CCN(C)C)cc2)cc1. The Kier molecular flexibility index (Phi) is 16.1. The number of hydrogen-bond acceptors (Lipinski definition) is 11. The third kappa shape index (κ3) is 15.4. The number of aliphatic hydroxyl groups excluding tert-OH is 1. The van der Waals surface area contributed by atoms with Gasteiger partial charge in [-0.25, -0.2) is 19.2 Å². The molecule has 46 heavy (non-hydrogen) atoms. The van der Waals surface area contributed by atoms with E-state index in [4.69, 9.17) is 18.9 Å². The molecule has 0 aromatic heterocycles. The highest BCUT2D eigenvalue weighted by Gasteiger charge is 2.14. The fourth-order valence-electron chi connectivity index (χ4n) is 3.42. The average Bonchev–Trinajstić information content (AvgIpc) is 3.03. The molecule has 0 aliphatic carbocycles. The van der Waals surface area contributed by atoms with Crippen molar-refractivity contribution >= 4 is 24.4 Å². The van der Waals surface area contributed by atoms with Crippen LogP contribution in [0.25, 0.3) is 0 Å². The molecule has 2 rings (SSSR count). The molecule has 0 fully saturated rings. The predicted octanol–water partition coefficient (Wildman–Crippen LogP) is 2.18. The molecule has 0 aliphatic heterocycles. The topological polar surface area (TPSA) is 162 Å². The maximum absolute atomic E-state index is 12.2. The molecular weight excluding hydrogens is 600 g/mol. The molecule has 2 aromatic carbocycles. The van der Waals surface area contributed by atoms with Gasteiger partial charge in [-0.05, 0) is 63.6 Å². The van der Waals surface area contributed by atoms with Crippen molar-refractivity contribution in [3.05, 3.63) is 59.7 Å². The van der Waals surface area contributed by atoms with Gasteiger partial charge in [0.05, 0.1) is 6.10 Å². The molecule has 0 unspecified atom stereocenters. The van der Waals surface area contributed by atoms with Crippen LogP contribution in [0.4, 0.5) is 19.2 Å². The third-order valence-corrected chi connectivity index (χ3v) is 6.35. The molecule has 0 spiro atoms. The van der Waals surface area contributed by atoms with Gasteiger partial charge in [0.15, 0.2) is 0 Å². The molecule has 4 amide bonds.